The Morgan fingerprint density at radius 1 is 1.35 bits per heavy atom. The van der Waals surface area contributed by atoms with Crippen LogP contribution in [0.1, 0.15) is 38.8 Å². The Labute approximate surface area is 119 Å². The van der Waals surface area contributed by atoms with Gasteiger partial charge < -0.3 is 15.7 Å². The number of carbonyl (C=O) groups excluding carboxylic acids is 1. The lowest BCUT2D eigenvalue weighted by molar-refractivity contribution is -0.121. The van der Waals surface area contributed by atoms with E-state index in [1.807, 2.05) is 20.8 Å². The molecule has 0 radical (unpaired) electrons. The summed E-state index contributed by atoms with van der Waals surface area (Å²) in [6.45, 7) is 7.11. The summed E-state index contributed by atoms with van der Waals surface area (Å²) in [6.07, 6.45) is 0.374. The normalized spacial score (nSPS) is 12.4. The molecule has 0 saturated heterocycles. The van der Waals surface area contributed by atoms with E-state index >= 15 is 0 Å². The molecule has 0 bridgehead atoms. The maximum Gasteiger partial charge on any atom is 0.221 e. The van der Waals surface area contributed by atoms with E-state index in [-0.39, 0.29) is 17.7 Å². The van der Waals surface area contributed by atoms with Gasteiger partial charge in [-0.05, 0) is 18.9 Å². The molecule has 1 aromatic rings. The number of carbonyl (C=O) groups is 1. The molecule has 1 aromatic carbocycles. The van der Waals surface area contributed by atoms with E-state index in [1.165, 1.54) is 6.07 Å². The second-order valence-electron chi connectivity index (χ2n) is 5.33. The third-order valence-electron chi connectivity index (χ3n) is 2.97. The smallest absolute Gasteiger partial charge is 0.221 e. The van der Waals surface area contributed by atoms with Gasteiger partial charge in [0.2, 0.25) is 5.91 Å². The topological polar surface area (TPSA) is 61.4 Å². The number of halogens is 1. The van der Waals surface area contributed by atoms with Crippen LogP contribution in [0.3, 0.4) is 0 Å². The Kier molecular flexibility index (Phi) is 6.45. The number of aromatic hydroxyl groups is 1. The van der Waals surface area contributed by atoms with Gasteiger partial charge in [0.1, 0.15) is 11.6 Å². The maximum absolute atomic E-state index is 12.9. The van der Waals surface area contributed by atoms with E-state index in [2.05, 4.69) is 10.6 Å². The zero-order valence-electron chi connectivity index (χ0n) is 12.2. The minimum absolute atomic E-state index is 0.00160. The van der Waals surface area contributed by atoms with E-state index in [0.717, 1.165) is 6.07 Å². The van der Waals surface area contributed by atoms with E-state index in [0.29, 0.717) is 31.0 Å². The molecule has 0 aliphatic heterocycles. The molecule has 1 atom stereocenters. The van der Waals surface area contributed by atoms with Crippen molar-refractivity contribution in [2.24, 2.45) is 5.92 Å². The van der Waals surface area contributed by atoms with Crippen LogP contribution in [-0.2, 0) is 4.79 Å². The first-order valence-corrected chi connectivity index (χ1v) is 6.88. The first-order valence-electron chi connectivity index (χ1n) is 6.88. The van der Waals surface area contributed by atoms with Crippen molar-refractivity contribution >= 4 is 5.91 Å². The number of benzene rings is 1. The van der Waals surface area contributed by atoms with Crippen molar-refractivity contribution in [3.63, 3.8) is 0 Å². The SMILES string of the molecule is CC(C)CNC(=O)CCNC(C)c1ccc(F)cc1O. The molecule has 1 amide bonds. The maximum atomic E-state index is 12.9. The Hall–Kier alpha value is -1.62. The highest BCUT2D eigenvalue weighted by Gasteiger charge is 2.11. The fraction of sp³-hybridized carbons (Fsp3) is 0.533. The molecule has 4 nitrogen and oxygen atoms in total. The molecular weight excluding hydrogens is 259 g/mol. The monoisotopic (exact) mass is 282 g/mol. The van der Waals surface area contributed by atoms with Gasteiger partial charge in [-0.15, -0.1) is 0 Å². The fourth-order valence-corrected chi connectivity index (χ4v) is 1.80. The lowest BCUT2D eigenvalue weighted by Crippen LogP contribution is -2.31. The molecule has 1 unspecified atom stereocenters. The quantitative estimate of drug-likeness (QED) is 0.719. The van der Waals surface area contributed by atoms with E-state index < -0.39 is 5.82 Å². The molecule has 0 spiro atoms. The summed E-state index contributed by atoms with van der Waals surface area (Å²) >= 11 is 0. The molecule has 0 saturated carbocycles. The van der Waals surface area contributed by atoms with Crippen molar-refractivity contribution in [1.82, 2.24) is 10.6 Å². The molecular formula is C15H23FN2O2. The number of phenolic OH excluding ortho intramolecular Hbond substituents is 1. The highest BCUT2D eigenvalue weighted by atomic mass is 19.1. The predicted octanol–water partition coefficient (Wildman–Crippen LogP) is 2.34. The fourth-order valence-electron chi connectivity index (χ4n) is 1.80. The Bertz CT molecular complexity index is 449. The summed E-state index contributed by atoms with van der Waals surface area (Å²) < 4.78 is 12.9. The second kappa shape index (κ2) is 7.85. The first kappa shape index (κ1) is 16.4. The van der Waals surface area contributed by atoms with Crippen LogP contribution in [0.15, 0.2) is 18.2 Å². The standard InChI is InChI=1S/C15H23FN2O2/c1-10(2)9-18-15(20)6-7-17-11(3)13-5-4-12(16)8-14(13)19/h4-5,8,10-11,17,19H,6-7,9H2,1-3H3,(H,18,20). The van der Waals surface area contributed by atoms with Gasteiger partial charge in [0.05, 0.1) is 0 Å². The zero-order valence-corrected chi connectivity index (χ0v) is 12.2. The predicted molar refractivity (Wildman–Crippen MR) is 76.9 cm³/mol. The van der Waals surface area contributed by atoms with Crippen LogP contribution < -0.4 is 10.6 Å². The van der Waals surface area contributed by atoms with Crippen molar-refractivity contribution < 1.29 is 14.3 Å². The van der Waals surface area contributed by atoms with E-state index in [4.69, 9.17) is 0 Å². The molecule has 0 aliphatic carbocycles. The van der Waals surface area contributed by atoms with Gasteiger partial charge in [-0.25, -0.2) is 4.39 Å². The van der Waals surface area contributed by atoms with Gasteiger partial charge in [0, 0.05) is 37.2 Å². The minimum atomic E-state index is -0.466. The largest absolute Gasteiger partial charge is 0.508 e. The first-order chi connectivity index (χ1) is 9.40. The highest BCUT2D eigenvalue weighted by Crippen LogP contribution is 2.24. The third kappa shape index (κ3) is 5.57. The summed E-state index contributed by atoms with van der Waals surface area (Å²) in [6, 6.07) is 3.79. The summed E-state index contributed by atoms with van der Waals surface area (Å²) in [5, 5.41) is 15.6. The van der Waals surface area contributed by atoms with Crippen molar-refractivity contribution in [1.29, 1.82) is 0 Å². The van der Waals surface area contributed by atoms with Crippen LogP contribution in [0.25, 0.3) is 0 Å². The van der Waals surface area contributed by atoms with E-state index in [1.54, 1.807) is 6.07 Å². The van der Waals surface area contributed by atoms with Crippen molar-refractivity contribution in [2.75, 3.05) is 13.1 Å². The Morgan fingerprint density at radius 2 is 2.05 bits per heavy atom. The number of phenols is 1. The van der Waals surface area contributed by atoms with Gasteiger partial charge in [0.25, 0.3) is 0 Å². The van der Waals surface area contributed by atoms with Crippen molar-refractivity contribution in [3.05, 3.63) is 29.6 Å². The molecule has 0 fully saturated rings. The van der Waals surface area contributed by atoms with Crippen LogP contribution in [-0.4, -0.2) is 24.1 Å². The molecule has 20 heavy (non-hydrogen) atoms. The molecule has 112 valence electrons. The molecule has 0 aromatic heterocycles. The molecule has 0 aliphatic rings. The van der Waals surface area contributed by atoms with Crippen LogP contribution in [0, 0.1) is 11.7 Å². The average molecular weight is 282 g/mol. The molecule has 0 heterocycles. The minimum Gasteiger partial charge on any atom is -0.508 e. The third-order valence-corrected chi connectivity index (χ3v) is 2.97. The Morgan fingerprint density at radius 3 is 2.65 bits per heavy atom. The second-order valence-corrected chi connectivity index (χ2v) is 5.33. The van der Waals surface area contributed by atoms with Crippen LogP contribution in [0.2, 0.25) is 0 Å². The summed E-state index contributed by atoms with van der Waals surface area (Å²) in [7, 11) is 0. The van der Waals surface area contributed by atoms with Crippen LogP contribution in [0.4, 0.5) is 4.39 Å². The lowest BCUT2D eigenvalue weighted by Gasteiger charge is -2.15. The molecule has 3 N–H and O–H groups in total. The lowest BCUT2D eigenvalue weighted by atomic mass is 10.1. The van der Waals surface area contributed by atoms with Gasteiger partial charge in [-0.3, -0.25) is 4.79 Å². The molecule has 1 rings (SSSR count). The van der Waals surface area contributed by atoms with Gasteiger partial charge >= 0.3 is 0 Å². The van der Waals surface area contributed by atoms with E-state index in [9.17, 15) is 14.3 Å². The summed E-state index contributed by atoms with van der Waals surface area (Å²) in [5.41, 5.74) is 0.619. The number of amides is 1. The zero-order chi connectivity index (χ0) is 15.1. The van der Waals surface area contributed by atoms with Crippen LogP contribution in [0.5, 0.6) is 5.75 Å². The van der Waals surface area contributed by atoms with Crippen molar-refractivity contribution in [2.45, 2.75) is 33.2 Å². The molecule has 5 heteroatoms. The van der Waals surface area contributed by atoms with Gasteiger partial charge in [0.15, 0.2) is 0 Å². The number of hydrogen-bond acceptors (Lipinski definition) is 3. The average Bonchev–Trinajstić information content (AvgIpc) is 2.36. The van der Waals surface area contributed by atoms with Gasteiger partial charge in [-0.2, -0.15) is 0 Å². The number of rotatable bonds is 7. The summed E-state index contributed by atoms with van der Waals surface area (Å²) in [5.74, 6) is -0.107. The highest BCUT2D eigenvalue weighted by molar-refractivity contribution is 5.76. The summed E-state index contributed by atoms with van der Waals surface area (Å²) in [4.78, 5) is 11.5. The Balaban J connectivity index is 2.36. The number of nitrogens with one attached hydrogen (secondary N) is 2. The van der Waals surface area contributed by atoms with Crippen LogP contribution >= 0.6 is 0 Å². The van der Waals surface area contributed by atoms with Crippen molar-refractivity contribution in [3.8, 4) is 5.75 Å². The number of hydrogen-bond donors (Lipinski definition) is 3. The van der Waals surface area contributed by atoms with Gasteiger partial charge in [-0.1, -0.05) is 19.9 Å².